The van der Waals surface area contributed by atoms with Crippen molar-refractivity contribution in [3.05, 3.63) is 16.0 Å². The van der Waals surface area contributed by atoms with E-state index in [0.29, 0.717) is 0 Å². The Bertz CT molecular complexity index is 94.2. The number of carboxylic acid groups (broad SMARTS) is 1. The number of nitrogens with two attached hydrogens (primary N) is 1. The van der Waals surface area contributed by atoms with Crippen molar-refractivity contribution in [2.45, 2.75) is 0 Å². The molecule has 0 aromatic carbocycles. The van der Waals surface area contributed by atoms with E-state index in [4.69, 9.17) is 16.2 Å². The second kappa shape index (κ2) is 9.22. The summed E-state index contributed by atoms with van der Waals surface area (Å²) in [7, 11) is 0. The summed E-state index contributed by atoms with van der Waals surface area (Å²) in [5.41, 5.74) is 18.1. The van der Waals surface area contributed by atoms with Gasteiger partial charge in [0.2, 0.25) is 0 Å². The first-order chi connectivity index (χ1) is 3.68. The molecule has 0 atom stereocenters. The van der Waals surface area contributed by atoms with Crippen LogP contribution in [0.2, 0.25) is 0 Å². The molecule has 0 spiro atoms. The fraction of sp³-hybridized carbons (Fsp3) is 0.500. The van der Waals surface area contributed by atoms with E-state index >= 15 is 0 Å². The third kappa shape index (κ3) is 121. The highest BCUT2D eigenvalue weighted by Gasteiger charge is 1.81. The molecular formula is C2H5N4O2-. The zero-order valence-electron chi connectivity index (χ0n) is 3.98. The summed E-state index contributed by atoms with van der Waals surface area (Å²) >= 11 is 0. The van der Waals surface area contributed by atoms with E-state index in [1.54, 1.807) is 0 Å². The molecule has 0 saturated heterocycles. The van der Waals surface area contributed by atoms with Gasteiger partial charge in [-0.05, 0) is 0 Å². The van der Waals surface area contributed by atoms with E-state index in [9.17, 15) is 4.79 Å². The molecule has 6 heteroatoms. The molecule has 0 unspecified atom stereocenters. The molecular weight excluding hydrogens is 112 g/mol. The molecule has 0 aliphatic heterocycles. The number of hydrogen-bond donors (Lipinski definition) is 2. The highest BCUT2D eigenvalue weighted by atomic mass is 16.4. The SMILES string of the molecule is NCC(=O)O.[N-]=[N+]=[N-]. The Labute approximate surface area is 45.3 Å². The molecule has 8 heavy (non-hydrogen) atoms. The molecule has 0 rings (SSSR count). The minimum atomic E-state index is -0.968. The van der Waals surface area contributed by atoms with Crippen molar-refractivity contribution in [3.63, 3.8) is 0 Å². The van der Waals surface area contributed by atoms with Crippen LogP contribution in [-0.4, -0.2) is 17.6 Å². The Hall–Kier alpha value is -1.26. The van der Waals surface area contributed by atoms with Crippen LogP contribution in [0.5, 0.6) is 0 Å². The van der Waals surface area contributed by atoms with Gasteiger partial charge in [-0.2, -0.15) is 0 Å². The molecule has 3 N–H and O–H groups in total. The number of hydrogen-bond acceptors (Lipinski definition) is 2. The average molecular weight is 117 g/mol. The number of carboxylic acids is 1. The standard InChI is InChI=1S/C2H5NO2.N3/c3-1-2(4)5;1-3-2/h1,3H2,(H,4,5);/q;-1. The normalized spacial score (nSPS) is 5.62. The first kappa shape index (κ1) is 9.88. The second-order valence-corrected chi connectivity index (χ2v) is 0.687. The van der Waals surface area contributed by atoms with Crippen molar-refractivity contribution in [2.75, 3.05) is 6.54 Å². The zero-order chi connectivity index (χ0) is 6.99. The molecule has 0 bridgehead atoms. The van der Waals surface area contributed by atoms with Crippen LogP contribution in [0.1, 0.15) is 0 Å². The third-order valence-corrected chi connectivity index (χ3v) is 0.175. The van der Waals surface area contributed by atoms with Gasteiger partial charge >= 0.3 is 5.97 Å². The van der Waals surface area contributed by atoms with Crippen LogP contribution in [-0.2, 0) is 4.79 Å². The van der Waals surface area contributed by atoms with Gasteiger partial charge in [-0.3, -0.25) is 9.71 Å². The Morgan fingerprint density at radius 1 is 1.75 bits per heavy atom. The minimum absolute atomic E-state index is 0.278. The van der Waals surface area contributed by atoms with E-state index in [0.717, 1.165) is 0 Å². The van der Waals surface area contributed by atoms with Crippen LogP contribution < -0.4 is 5.73 Å². The number of aliphatic carboxylic acids is 1. The highest BCUT2D eigenvalue weighted by molar-refractivity contribution is 5.68. The molecule has 6 nitrogen and oxygen atoms in total. The maximum absolute atomic E-state index is 9.24. The molecule has 0 saturated carbocycles. The van der Waals surface area contributed by atoms with E-state index in [-0.39, 0.29) is 6.54 Å². The number of nitrogens with zero attached hydrogens (tertiary/aromatic N) is 3. The Kier molecular flexibility index (Phi) is 11.4. The summed E-state index contributed by atoms with van der Waals surface area (Å²) in [6, 6.07) is 0. The van der Waals surface area contributed by atoms with Crippen LogP contribution in [0, 0.1) is 0 Å². The van der Waals surface area contributed by atoms with Gasteiger partial charge in [-0.1, -0.05) is 0 Å². The van der Waals surface area contributed by atoms with Gasteiger partial charge in [0.05, 0.1) is 6.54 Å². The smallest absolute Gasteiger partial charge is 0.317 e. The summed E-state index contributed by atoms with van der Waals surface area (Å²) < 4.78 is 0. The van der Waals surface area contributed by atoms with Crippen LogP contribution in [0.3, 0.4) is 0 Å². The molecule has 0 heterocycles. The van der Waals surface area contributed by atoms with Gasteiger partial charge in [-0.25, -0.2) is 0 Å². The Morgan fingerprint density at radius 3 is 1.88 bits per heavy atom. The van der Waals surface area contributed by atoms with E-state index in [1.165, 1.54) is 4.91 Å². The first-order valence-corrected chi connectivity index (χ1v) is 1.59. The average Bonchev–Trinajstić information content (AvgIpc) is 1.69. The predicted molar refractivity (Wildman–Crippen MR) is 26.8 cm³/mol. The summed E-state index contributed by atoms with van der Waals surface area (Å²) in [6.45, 7) is -0.278. The quantitative estimate of drug-likeness (QED) is 0.283. The lowest BCUT2D eigenvalue weighted by molar-refractivity contribution is -0.135. The topological polar surface area (TPSA) is 122 Å². The van der Waals surface area contributed by atoms with Gasteiger partial charge in [0.15, 0.2) is 0 Å². The molecule has 0 aliphatic carbocycles. The van der Waals surface area contributed by atoms with E-state index in [1.807, 2.05) is 0 Å². The molecule has 46 valence electrons. The van der Waals surface area contributed by atoms with E-state index < -0.39 is 5.97 Å². The van der Waals surface area contributed by atoms with E-state index in [2.05, 4.69) is 5.73 Å². The maximum atomic E-state index is 9.24. The maximum Gasteiger partial charge on any atom is 0.317 e. The molecule has 0 aliphatic rings. The molecule has 0 fully saturated rings. The largest absolute Gasteiger partial charge is 0.480 e. The van der Waals surface area contributed by atoms with Crippen LogP contribution in [0.25, 0.3) is 16.0 Å². The lowest BCUT2D eigenvalue weighted by Crippen LogP contribution is -2.10. The van der Waals surface area contributed by atoms with Gasteiger partial charge < -0.3 is 21.9 Å². The van der Waals surface area contributed by atoms with Crippen molar-refractivity contribution in [3.8, 4) is 0 Å². The fourth-order valence-electron chi connectivity index (χ4n) is 0. The first-order valence-electron chi connectivity index (χ1n) is 1.59. The fourth-order valence-corrected chi connectivity index (χ4v) is 0. The van der Waals surface area contributed by atoms with Crippen molar-refractivity contribution in [1.82, 2.24) is 0 Å². The minimum Gasteiger partial charge on any atom is -0.480 e. The van der Waals surface area contributed by atoms with Crippen molar-refractivity contribution < 1.29 is 9.90 Å². The van der Waals surface area contributed by atoms with Gasteiger partial charge in [-0.15, -0.1) is 0 Å². The number of carbonyl (C=O) groups is 1. The Balaban J connectivity index is 0. The third-order valence-electron chi connectivity index (χ3n) is 0.175. The molecule has 0 aromatic heterocycles. The van der Waals surface area contributed by atoms with Crippen molar-refractivity contribution in [2.24, 2.45) is 5.73 Å². The van der Waals surface area contributed by atoms with Crippen LogP contribution in [0.15, 0.2) is 0 Å². The zero-order valence-corrected chi connectivity index (χ0v) is 3.98. The summed E-state index contributed by atoms with van der Waals surface area (Å²) in [6.07, 6.45) is 0. The summed E-state index contributed by atoms with van der Waals surface area (Å²) in [5.74, 6) is -0.968. The second-order valence-electron chi connectivity index (χ2n) is 0.687. The van der Waals surface area contributed by atoms with Gasteiger partial charge in [0.1, 0.15) is 0 Å². The lowest BCUT2D eigenvalue weighted by Gasteiger charge is -1.73. The summed E-state index contributed by atoms with van der Waals surface area (Å²) in [5, 5.41) is 7.60. The Morgan fingerprint density at radius 2 is 1.88 bits per heavy atom. The number of rotatable bonds is 1. The van der Waals surface area contributed by atoms with Crippen LogP contribution in [0.4, 0.5) is 0 Å². The van der Waals surface area contributed by atoms with Gasteiger partial charge in [0, 0.05) is 0 Å². The lowest BCUT2D eigenvalue weighted by atomic mass is 10.7. The van der Waals surface area contributed by atoms with Gasteiger partial charge in [0.25, 0.3) is 0 Å². The molecule has 0 aromatic rings. The summed E-state index contributed by atoms with van der Waals surface area (Å²) in [4.78, 5) is 10.7. The molecule has 0 amide bonds. The van der Waals surface area contributed by atoms with Crippen molar-refractivity contribution >= 4 is 5.97 Å². The van der Waals surface area contributed by atoms with Crippen molar-refractivity contribution in [1.29, 1.82) is 0 Å². The highest BCUT2D eigenvalue weighted by Crippen LogP contribution is 1.43. The predicted octanol–water partition coefficient (Wildman–Crippen LogP) is -0.104. The molecule has 0 radical (unpaired) electrons. The monoisotopic (exact) mass is 117 g/mol. The van der Waals surface area contributed by atoms with Crippen LogP contribution >= 0.6 is 0 Å².